The number of hydrogen-bond acceptors (Lipinski definition) is 5. The number of rotatable bonds is 8. The van der Waals surface area contributed by atoms with Crippen LogP contribution in [0.25, 0.3) is 0 Å². The predicted molar refractivity (Wildman–Crippen MR) is 112 cm³/mol. The molecule has 0 aliphatic rings. The van der Waals surface area contributed by atoms with Crippen molar-refractivity contribution >= 4 is 17.6 Å². The van der Waals surface area contributed by atoms with Gasteiger partial charge in [-0.15, -0.1) is 0 Å². The number of aromatic carboxylic acids is 2. The number of carboxylic acids is 2. The molecule has 4 N–H and O–H groups in total. The van der Waals surface area contributed by atoms with E-state index in [-0.39, 0.29) is 16.8 Å². The molecule has 1 aromatic carbocycles. The Morgan fingerprint density at radius 1 is 0.704 bits per heavy atom. The smallest absolute Gasteiger partial charge is 0.335 e. The van der Waals surface area contributed by atoms with Crippen LogP contribution in [0.1, 0.15) is 62.3 Å². The van der Waals surface area contributed by atoms with E-state index in [1.54, 1.807) is 0 Å². The third-order valence-corrected chi connectivity index (χ3v) is 4.13. The lowest BCUT2D eigenvalue weighted by atomic mass is 10.1. The molecule has 1 rings (SSSR count). The zero-order valence-electron chi connectivity index (χ0n) is 17.7. The van der Waals surface area contributed by atoms with Gasteiger partial charge in [0.15, 0.2) is 0 Å². The Kier molecular flexibility index (Phi) is 16.1. The quantitative estimate of drug-likeness (QED) is 0.591. The normalized spacial score (nSPS) is 9.93. The van der Waals surface area contributed by atoms with E-state index in [0.29, 0.717) is 0 Å². The van der Waals surface area contributed by atoms with Gasteiger partial charge in [0.05, 0.1) is 11.1 Å². The number of carboxylic acid groups (broad SMARTS) is 2. The van der Waals surface area contributed by atoms with Crippen LogP contribution in [0.15, 0.2) is 18.2 Å². The topological polar surface area (TPSA) is 107 Å². The standard InChI is InChI=1S/C8H7NO4.2C6H15N/c9-6-2-4(7(10)11)1-5(3-6)8(12)13;2*1-4-7(5-2)6-3/h1-3H,9H2,(H,10,11)(H,12,13);2*4-6H2,1-3H3. The number of nitrogens with two attached hydrogens (primary N) is 1. The number of benzene rings is 1. The highest BCUT2D eigenvalue weighted by Crippen LogP contribution is 2.12. The van der Waals surface area contributed by atoms with Crippen molar-refractivity contribution in [3.05, 3.63) is 29.3 Å². The Labute approximate surface area is 163 Å². The second kappa shape index (κ2) is 16.1. The zero-order chi connectivity index (χ0) is 21.4. The van der Waals surface area contributed by atoms with Gasteiger partial charge in [0.1, 0.15) is 0 Å². The van der Waals surface area contributed by atoms with E-state index in [1.807, 2.05) is 0 Å². The van der Waals surface area contributed by atoms with Crippen molar-refractivity contribution < 1.29 is 19.8 Å². The summed E-state index contributed by atoms with van der Waals surface area (Å²) in [4.78, 5) is 25.7. The van der Waals surface area contributed by atoms with Crippen molar-refractivity contribution in [2.24, 2.45) is 0 Å². The van der Waals surface area contributed by atoms with Crippen LogP contribution in [-0.4, -0.2) is 71.2 Å². The fourth-order valence-corrected chi connectivity index (χ4v) is 2.24. The molecule has 0 bridgehead atoms. The summed E-state index contributed by atoms with van der Waals surface area (Å²) in [6, 6.07) is 3.46. The van der Waals surface area contributed by atoms with E-state index in [2.05, 4.69) is 51.3 Å². The van der Waals surface area contributed by atoms with E-state index in [1.165, 1.54) is 51.4 Å². The number of anilines is 1. The summed E-state index contributed by atoms with van der Waals surface area (Å²) in [5.74, 6) is -2.40. The summed E-state index contributed by atoms with van der Waals surface area (Å²) >= 11 is 0. The van der Waals surface area contributed by atoms with E-state index in [9.17, 15) is 9.59 Å². The average Bonchev–Trinajstić information content (AvgIpc) is 2.65. The Morgan fingerprint density at radius 3 is 1.11 bits per heavy atom. The molecule has 1 aromatic rings. The van der Waals surface area contributed by atoms with Gasteiger partial charge in [-0.1, -0.05) is 41.5 Å². The lowest BCUT2D eigenvalue weighted by Gasteiger charge is -2.13. The molecule has 0 radical (unpaired) electrons. The highest BCUT2D eigenvalue weighted by molar-refractivity contribution is 5.95. The summed E-state index contributed by atoms with van der Waals surface area (Å²) in [6.45, 7) is 20.2. The van der Waals surface area contributed by atoms with Gasteiger partial charge < -0.3 is 25.7 Å². The lowest BCUT2D eigenvalue weighted by Crippen LogP contribution is -2.21. The second-order valence-electron chi connectivity index (χ2n) is 5.69. The van der Waals surface area contributed by atoms with Gasteiger partial charge in [0, 0.05) is 5.69 Å². The minimum Gasteiger partial charge on any atom is -0.478 e. The first-order chi connectivity index (χ1) is 12.7. The van der Waals surface area contributed by atoms with E-state index in [0.717, 1.165) is 6.07 Å². The summed E-state index contributed by atoms with van der Waals surface area (Å²) in [7, 11) is 0. The molecule has 0 aliphatic heterocycles. The molecule has 27 heavy (non-hydrogen) atoms. The summed E-state index contributed by atoms with van der Waals surface area (Å²) in [5, 5.41) is 17.1. The van der Waals surface area contributed by atoms with Crippen molar-refractivity contribution in [1.82, 2.24) is 9.80 Å². The van der Waals surface area contributed by atoms with Crippen LogP contribution in [0.3, 0.4) is 0 Å². The number of nitrogen functional groups attached to an aromatic ring is 1. The van der Waals surface area contributed by atoms with Gasteiger partial charge in [0.2, 0.25) is 0 Å². The minimum absolute atomic E-state index is 0.123. The fraction of sp³-hybridized carbons (Fsp3) is 0.600. The molecule has 7 nitrogen and oxygen atoms in total. The maximum Gasteiger partial charge on any atom is 0.335 e. The molecule has 0 spiro atoms. The minimum atomic E-state index is -1.20. The largest absolute Gasteiger partial charge is 0.478 e. The van der Waals surface area contributed by atoms with Crippen LogP contribution in [0.4, 0.5) is 5.69 Å². The van der Waals surface area contributed by atoms with Crippen molar-refractivity contribution in [3.8, 4) is 0 Å². The highest BCUT2D eigenvalue weighted by Gasteiger charge is 2.09. The molecular formula is C20H37N3O4. The molecule has 0 amide bonds. The molecule has 0 aromatic heterocycles. The van der Waals surface area contributed by atoms with E-state index >= 15 is 0 Å². The molecular weight excluding hydrogens is 346 g/mol. The molecule has 7 heteroatoms. The molecule has 0 unspecified atom stereocenters. The van der Waals surface area contributed by atoms with Crippen molar-refractivity contribution in [2.75, 3.05) is 45.0 Å². The second-order valence-corrected chi connectivity index (χ2v) is 5.69. The van der Waals surface area contributed by atoms with Gasteiger partial charge in [0.25, 0.3) is 0 Å². The first-order valence-electron chi connectivity index (χ1n) is 9.52. The number of carbonyl (C=O) groups is 2. The van der Waals surface area contributed by atoms with Crippen LogP contribution in [0.2, 0.25) is 0 Å². The average molecular weight is 384 g/mol. The SMILES string of the molecule is CCN(CC)CC.CCN(CC)CC.Nc1cc(C(=O)O)cc(C(=O)O)c1. The van der Waals surface area contributed by atoms with Gasteiger partial charge in [-0.25, -0.2) is 9.59 Å². The highest BCUT2D eigenvalue weighted by atomic mass is 16.4. The summed E-state index contributed by atoms with van der Waals surface area (Å²) in [6.07, 6.45) is 0. The van der Waals surface area contributed by atoms with Crippen LogP contribution in [-0.2, 0) is 0 Å². The van der Waals surface area contributed by atoms with Gasteiger partial charge in [-0.05, 0) is 57.5 Å². The third kappa shape index (κ3) is 12.8. The Bertz CT molecular complexity index is 487. The number of hydrogen-bond donors (Lipinski definition) is 3. The molecule has 0 fully saturated rings. The van der Waals surface area contributed by atoms with Crippen molar-refractivity contribution in [1.29, 1.82) is 0 Å². The van der Waals surface area contributed by atoms with E-state index < -0.39 is 11.9 Å². The first kappa shape index (κ1) is 27.1. The monoisotopic (exact) mass is 383 g/mol. The first-order valence-corrected chi connectivity index (χ1v) is 9.52. The Hall–Kier alpha value is -2.12. The molecule has 0 aliphatic carbocycles. The van der Waals surface area contributed by atoms with Crippen LogP contribution in [0, 0.1) is 0 Å². The lowest BCUT2D eigenvalue weighted by molar-refractivity contribution is 0.0696. The molecule has 0 saturated carbocycles. The zero-order valence-corrected chi connectivity index (χ0v) is 17.7. The molecule has 0 atom stereocenters. The van der Waals surface area contributed by atoms with Crippen molar-refractivity contribution in [3.63, 3.8) is 0 Å². The predicted octanol–water partition coefficient (Wildman–Crippen LogP) is 3.36. The van der Waals surface area contributed by atoms with Crippen LogP contribution < -0.4 is 5.73 Å². The molecule has 156 valence electrons. The molecule has 0 saturated heterocycles. The maximum atomic E-state index is 10.5. The maximum absolute atomic E-state index is 10.5. The van der Waals surface area contributed by atoms with Crippen LogP contribution >= 0.6 is 0 Å². The van der Waals surface area contributed by atoms with Gasteiger partial charge in [-0.3, -0.25) is 0 Å². The Balaban J connectivity index is 0. The number of nitrogens with zero attached hydrogens (tertiary/aromatic N) is 2. The molecule has 0 heterocycles. The van der Waals surface area contributed by atoms with Crippen molar-refractivity contribution in [2.45, 2.75) is 41.5 Å². The van der Waals surface area contributed by atoms with Gasteiger partial charge >= 0.3 is 11.9 Å². The van der Waals surface area contributed by atoms with Crippen LogP contribution in [0.5, 0.6) is 0 Å². The Morgan fingerprint density at radius 2 is 0.963 bits per heavy atom. The summed E-state index contributed by atoms with van der Waals surface area (Å²) in [5.41, 5.74) is 5.18. The fourth-order valence-electron chi connectivity index (χ4n) is 2.24. The summed E-state index contributed by atoms with van der Waals surface area (Å²) < 4.78 is 0. The van der Waals surface area contributed by atoms with E-state index in [4.69, 9.17) is 15.9 Å². The van der Waals surface area contributed by atoms with Gasteiger partial charge in [-0.2, -0.15) is 0 Å². The third-order valence-electron chi connectivity index (χ3n) is 4.13.